The predicted octanol–water partition coefficient (Wildman–Crippen LogP) is -0.502. The van der Waals surface area contributed by atoms with Crippen LogP contribution in [0.15, 0.2) is 42.5 Å². The molecule has 0 aliphatic heterocycles. The van der Waals surface area contributed by atoms with E-state index in [-0.39, 0.29) is 6.42 Å². The van der Waals surface area contributed by atoms with Crippen molar-refractivity contribution in [2.75, 3.05) is 0 Å². The third-order valence-corrected chi connectivity index (χ3v) is 2.82. The van der Waals surface area contributed by atoms with Gasteiger partial charge in [0.15, 0.2) is 0 Å². The SMILES string of the molecule is O=C([O-])C(Cc1ccc2ccccc2c1)C(=O)[O-]. The van der Waals surface area contributed by atoms with Crippen molar-refractivity contribution in [3.8, 4) is 0 Å². The van der Waals surface area contributed by atoms with Crippen molar-refractivity contribution in [3.05, 3.63) is 48.0 Å². The summed E-state index contributed by atoms with van der Waals surface area (Å²) in [6, 6.07) is 12.9. The van der Waals surface area contributed by atoms with Crippen LogP contribution in [0, 0.1) is 5.92 Å². The summed E-state index contributed by atoms with van der Waals surface area (Å²) in [5, 5.41) is 23.3. The number of hydrogen-bond donors (Lipinski definition) is 0. The first-order chi connectivity index (χ1) is 8.58. The summed E-state index contributed by atoms with van der Waals surface area (Å²) in [6.45, 7) is 0. The van der Waals surface area contributed by atoms with Gasteiger partial charge in [-0.05, 0) is 22.8 Å². The molecular weight excluding hydrogens is 232 g/mol. The van der Waals surface area contributed by atoms with Crippen LogP contribution in [0.3, 0.4) is 0 Å². The molecule has 18 heavy (non-hydrogen) atoms. The fraction of sp³-hybridized carbons (Fsp3) is 0.143. The van der Waals surface area contributed by atoms with Crippen LogP contribution in [0.4, 0.5) is 0 Å². The number of aliphatic carboxylic acids is 2. The molecule has 0 atom stereocenters. The molecule has 0 fully saturated rings. The van der Waals surface area contributed by atoms with E-state index < -0.39 is 17.9 Å². The molecule has 0 aliphatic rings. The Labute approximate surface area is 103 Å². The van der Waals surface area contributed by atoms with E-state index in [1.54, 1.807) is 12.1 Å². The smallest absolute Gasteiger partial charge is 0.0504 e. The Morgan fingerprint density at radius 2 is 1.56 bits per heavy atom. The highest BCUT2D eigenvalue weighted by Gasteiger charge is 2.12. The summed E-state index contributed by atoms with van der Waals surface area (Å²) >= 11 is 0. The maximum Gasteiger partial charge on any atom is 0.0504 e. The minimum absolute atomic E-state index is 0.129. The molecule has 4 nitrogen and oxygen atoms in total. The summed E-state index contributed by atoms with van der Waals surface area (Å²) in [5.41, 5.74) is 0.632. The number of carbonyl (C=O) groups is 2. The third kappa shape index (κ3) is 2.48. The van der Waals surface area contributed by atoms with Crippen molar-refractivity contribution >= 4 is 22.7 Å². The van der Waals surface area contributed by atoms with Gasteiger partial charge in [0.1, 0.15) is 0 Å². The molecule has 2 aromatic rings. The molecule has 0 heterocycles. The highest BCUT2D eigenvalue weighted by Crippen LogP contribution is 2.17. The molecule has 0 unspecified atom stereocenters. The van der Waals surface area contributed by atoms with Gasteiger partial charge in [-0.3, -0.25) is 0 Å². The van der Waals surface area contributed by atoms with Crippen LogP contribution < -0.4 is 10.2 Å². The molecule has 2 rings (SSSR count). The topological polar surface area (TPSA) is 80.3 Å². The van der Waals surface area contributed by atoms with Crippen molar-refractivity contribution in [1.29, 1.82) is 0 Å². The van der Waals surface area contributed by atoms with Gasteiger partial charge in [-0.25, -0.2) is 0 Å². The summed E-state index contributed by atoms with van der Waals surface area (Å²) < 4.78 is 0. The van der Waals surface area contributed by atoms with Crippen molar-refractivity contribution < 1.29 is 19.8 Å². The number of carboxylic acids is 2. The highest BCUT2D eigenvalue weighted by molar-refractivity contribution is 5.91. The number of rotatable bonds is 4. The zero-order chi connectivity index (χ0) is 13.1. The fourth-order valence-electron chi connectivity index (χ4n) is 1.86. The maximum absolute atomic E-state index is 10.7. The highest BCUT2D eigenvalue weighted by atomic mass is 16.4. The first-order valence-electron chi connectivity index (χ1n) is 5.47. The molecule has 0 aliphatic carbocycles. The van der Waals surface area contributed by atoms with Gasteiger partial charge < -0.3 is 19.8 Å². The first kappa shape index (κ1) is 12.1. The van der Waals surface area contributed by atoms with Crippen molar-refractivity contribution in [3.63, 3.8) is 0 Å². The monoisotopic (exact) mass is 242 g/mol. The van der Waals surface area contributed by atoms with Crippen LogP contribution in [-0.4, -0.2) is 11.9 Å². The molecule has 4 heteroatoms. The minimum atomic E-state index is -1.62. The van der Waals surface area contributed by atoms with Gasteiger partial charge in [-0.1, -0.05) is 42.5 Å². The van der Waals surface area contributed by atoms with Crippen molar-refractivity contribution in [1.82, 2.24) is 0 Å². The lowest BCUT2D eigenvalue weighted by Crippen LogP contribution is -2.44. The Balaban J connectivity index is 2.31. The average molecular weight is 242 g/mol. The van der Waals surface area contributed by atoms with E-state index in [0.29, 0.717) is 5.56 Å². The maximum atomic E-state index is 10.7. The molecule has 92 valence electrons. The third-order valence-electron chi connectivity index (χ3n) is 2.82. The Morgan fingerprint density at radius 3 is 2.17 bits per heavy atom. The van der Waals surface area contributed by atoms with E-state index in [1.165, 1.54) is 0 Å². The molecule has 0 amide bonds. The van der Waals surface area contributed by atoms with Crippen LogP contribution in [-0.2, 0) is 16.0 Å². The molecular formula is C14H10O4-2. The van der Waals surface area contributed by atoms with Crippen LogP contribution >= 0.6 is 0 Å². The Kier molecular flexibility index (Phi) is 3.28. The van der Waals surface area contributed by atoms with Gasteiger partial charge in [-0.2, -0.15) is 0 Å². The van der Waals surface area contributed by atoms with Gasteiger partial charge in [0.2, 0.25) is 0 Å². The van der Waals surface area contributed by atoms with Gasteiger partial charge in [0, 0.05) is 5.92 Å². The second kappa shape index (κ2) is 4.87. The predicted molar refractivity (Wildman–Crippen MR) is 61.2 cm³/mol. The quantitative estimate of drug-likeness (QED) is 0.677. The van der Waals surface area contributed by atoms with Crippen LogP contribution in [0.2, 0.25) is 0 Å². The molecule has 0 saturated heterocycles. The Hall–Kier alpha value is -2.36. The number of hydrogen-bond acceptors (Lipinski definition) is 4. The minimum Gasteiger partial charge on any atom is -0.549 e. The van der Waals surface area contributed by atoms with Gasteiger partial charge in [0.25, 0.3) is 0 Å². The molecule has 2 aromatic carbocycles. The van der Waals surface area contributed by atoms with E-state index in [1.807, 2.05) is 30.3 Å². The van der Waals surface area contributed by atoms with Crippen LogP contribution in [0.5, 0.6) is 0 Å². The summed E-state index contributed by atoms with van der Waals surface area (Å²) in [7, 11) is 0. The molecule has 0 aromatic heterocycles. The lowest BCUT2D eigenvalue weighted by molar-refractivity contribution is -0.331. The zero-order valence-corrected chi connectivity index (χ0v) is 9.46. The lowest BCUT2D eigenvalue weighted by atomic mass is 9.97. The summed E-state index contributed by atoms with van der Waals surface area (Å²) in [6.07, 6.45) is -0.129. The zero-order valence-electron chi connectivity index (χ0n) is 9.46. The van der Waals surface area contributed by atoms with E-state index in [0.717, 1.165) is 10.8 Å². The van der Waals surface area contributed by atoms with E-state index in [4.69, 9.17) is 0 Å². The van der Waals surface area contributed by atoms with Gasteiger partial charge in [-0.15, -0.1) is 0 Å². The van der Waals surface area contributed by atoms with E-state index >= 15 is 0 Å². The number of carboxylic acid groups (broad SMARTS) is 2. The number of carbonyl (C=O) groups excluding carboxylic acids is 2. The number of benzene rings is 2. The Bertz CT molecular complexity index is 590. The molecule has 0 saturated carbocycles. The van der Waals surface area contributed by atoms with Crippen molar-refractivity contribution in [2.24, 2.45) is 5.92 Å². The molecule has 0 N–H and O–H groups in total. The van der Waals surface area contributed by atoms with Gasteiger partial charge in [0.05, 0.1) is 11.9 Å². The normalized spacial score (nSPS) is 10.7. The Morgan fingerprint density at radius 1 is 0.944 bits per heavy atom. The van der Waals surface area contributed by atoms with E-state index in [2.05, 4.69) is 0 Å². The van der Waals surface area contributed by atoms with Crippen LogP contribution in [0.1, 0.15) is 5.56 Å². The lowest BCUT2D eigenvalue weighted by Gasteiger charge is -2.19. The second-order valence-corrected chi connectivity index (χ2v) is 4.08. The standard InChI is InChI=1S/C14H12O4/c15-13(16)12(14(17)18)8-9-5-6-10-3-1-2-4-11(10)7-9/h1-7,12H,8H2,(H,15,16)(H,17,18)/p-2. The fourth-order valence-corrected chi connectivity index (χ4v) is 1.86. The van der Waals surface area contributed by atoms with E-state index in [9.17, 15) is 19.8 Å². The molecule has 0 bridgehead atoms. The summed E-state index contributed by atoms with van der Waals surface area (Å²) in [4.78, 5) is 21.4. The summed E-state index contributed by atoms with van der Waals surface area (Å²) in [5.74, 6) is -4.86. The average Bonchev–Trinajstić information content (AvgIpc) is 2.35. The molecule has 0 radical (unpaired) electrons. The van der Waals surface area contributed by atoms with Crippen LogP contribution in [0.25, 0.3) is 10.8 Å². The van der Waals surface area contributed by atoms with Gasteiger partial charge >= 0.3 is 0 Å². The van der Waals surface area contributed by atoms with Crippen molar-refractivity contribution in [2.45, 2.75) is 6.42 Å². The second-order valence-electron chi connectivity index (χ2n) is 4.08. The first-order valence-corrected chi connectivity index (χ1v) is 5.47. The number of fused-ring (bicyclic) bond motifs is 1. The molecule has 0 spiro atoms. The largest absolute Gasteiger partial charge is 0.549 e.